The summed E-state index contributed by atoms with van der Waals surface area (Å²) in [5.41, 5.74) is 0.934. The van der Waals surface area contributed by atoms with Gasteiger partial charge in [0.15, 0.2) is 9.84 Å². The van der Waals surface area contributed by atoms with Crippen molar-refractivity contribution in [1.29, 1.82) is 0 Å². The van der Waals surface area contributed by atoms with Crippen molar-refractivity contribution in [3.63, 3.8) is 0 Å². The smallest absolute Gasteiger partial charge is 0.177 e. The zero-order valence-electron chi connectivity index (χ0n) is 16.4. The van der Waals surface area contributed by atoms with Crippen molar-refractivity contribution in [3.05, 3.63) is 18.5 Å². The number of pyridine rings is 1. The quantitative estimate of drug-likeness (QED) is 0.787. The highest BCUT2D eigenvalue weighted by Crippen LogP contribution is 2.28. The van der Waals surface area contributed by atoms with Crippen LogP contribution in [-0.2, 0) is 9.84 Å². The van der Waals surface area contributed by atoms with Crippen LogP contribution in [0.4, 0.5) is 5.69 Å². The normalized spacial score (nSPS) is 21.5. The van der Waals surface area contributed by atoms with Crippen molar-refractivity contribution in [1.82, 2.24) is 9.88 Å². The Hall–Kier alpha value is -1.14. The van der Waals surface area contributed by atoms with Gasteiger partial charge in [0.1, 0.15) is 0 Å². The third kappa shape index (κ3) is 4.97. The molecule has 5 nitrogen and oxygen atoms in total. The standard InChI is InChI=1S/C20H33N3O2S/c1-16(2)18-6-8-22(9-7-18)15-17-4-10-23(11-5-17)19-12-20(14-21-13-19)26(3,24)25/h12-14,16-18H,4-11,15H2,1-3H3. The monoisotopic (exact) mass is 379 g/mol. The van der Waals surface area contributed by atoms with Crippen LogP contribution in [0.15, 0.2) is 23.4 Å². The van der Waals surface area contributed by atoms with Gasteiger partial charge in [0, 0.05) is 32.1 Å². The predicted octanol–water partition coefficient (Wildman–Crippen LogP) is 3.07. The SMILES string of the molecule is CC(C)C1CCN(CC2CCN(c3cncc(S(C)(=O)=O)c3)CC2)CC1. The van der Waals surface area contributed by atoms with Crippen LogP contribution in [0.1, 0.15) is 39.5 Å². The molecule has 0 radical (unpaired) electrons. The molecule has 3 heterocycles. The van der Waals surface area contributed by atoms with E-state index in [1.807, 2.05) is 0 Å². The molecule has 0 bridgehead atoms. The molecular formula is C20H33N3O2S. The Morgan fingerprint density at radius 2 is 1.73 bits per heavy atom. The molecule has 6 heteroatoms. The fourth-order valence-electron chi connectivity index (χ4n) is 4.32. The Labute approximate surface area is 158 Å². The topological polar surface area (TPSA) is 53.5 Å². The van der Waals surface area contributed by atoms with E-state index < -0.39 is 9.84 Å². The Balaban J connectivity index is 1.49. The van der Waals surface area contributed by atoms with E-state index in [4.69, 9.17) is 0 Å². The van der Waals surface area contributed by atoms with E-state index >= 15 is 0 Å². The molecule has 0 aliphatic carbocycles. The summed E-state index contributed by atoms with van der Waals surface area (Å²) < 4.78 is 23.5. The van der Waals surface area contributed by atoms with E-state index in [-0.39, 0.29) is 0 Å². The molecule has 0 spiro atoms. The number of piperidine rings is 2. The molecule has 0 amide bonds. The van der Waals surface area contributed by atoms with Crippen LogP contribution in [0, 0.1) is 17.8 Å². The maximum atomic E-state index is 11.7. The summed E-state index contributed by atoms with van der Waals surface area (Å²) in [6.07, 6.45) is 9.50. The largest absolute Gasteiger partial charge is 0.370 e. The molecule has 0 atom stereocenters. The Morgan fingerprint density at radius 1 is 1.08 bits per heavy atom. The summed E-state index contributed by atoms with van der Waals surface area (Å²) in [5, 5.41) is 0. The second kappa shape index (κ2) is 8.26. The molecule has 2 aliphatic rings. The van der Waals surface area contributed by atoms with Crippen molar-refractivity contribution >= 4 is 15.5 Å². The van der Waals surface area contributed by atoms with E-state index in [9.17, 15) is 8.42 Å². The van der Waals surface area contributed by atoms with Crippen molar-refractivity contribution in [2.24, 2.45) is 17.8 Å². The van der Waals surface area contributed by atoms with Crippen LogP contribution in [0.25, 0.3) is 0 Å². The number of sulfone groups is 1. The van der Waals surface area contributed by atoms with E-state index in [0.29, 0.717) is 4.90 Å². The summed E-state index contributed by atoms with van der Waals surface area (Å²) in [6, 6.07) is 1.76. The lowest BCUT2D eigenvalue weighted by Gasteiger charge is -2.39. The average molecular weight is 380 g/mol. The lowest BCUT2D eigenvalue weighted by atomic mass is 9.86. The molecule has 0 N–H and O–H groups in total. The van der Waals surface area contributed by atoms with Gasteiger partial charge in [-0.05, 0) is 62.6 Å². The number of likely N-dealkylation sites (tertiary alicyclic amines) is 1. The first kappa shape index (κ1) is 19.6. The molecule has 2 aliphatic heterocycles. The first-order valence-corrected chi connectivity index (χ1v) is 11.8. The zero-order chi connectivity index (χ0) is 18.7. The molecule has 26 heavy (non-hydrogen) atoms. The molecule has 1 aromatic rings. The third-order valence-corrected chi connectivity index (χ3v) is 7.28. The highest BCUT2D eigenvalue weighted by atomic mass is 32.2. The molecule has 1 aromatic heterocycles. The first-order valence-electron chi connectivity index (χ1n) is 9.95. The van der Waals surface area contributed by atoms with Gasteiger partial charge >= 0.3 is 0 Å². The van der Waals surface area contributed by atoms with Gasteiger partial charge in [0.05, 0.1) is 16.8 Å². The van der Waals surface area contributed by atoms with Crippen LogP contribution >= 0.6 is 0 Å². The van der Waals surface area contributed by atoms with Crippen LogP contribution in [0.5, 0.6) is 0 Å². The minimum Gasteiger partial charge on any atom is -0.370 e. The molecule has 146 valence electrons. The molecule has 2 fully saturated rings. The van der Waals surface area contributed by atoms with Gasteiger partial charge in [-0.15, -0.1) is 0 Å². The second-order valence-corrected chi connectivity index (χ2v) is 10.5. The lowest BCUT2D eigenvalue weighted by molar-refractivity contribution is 0.132. The number of anilines is 1. The van der Waals surface area contributed by atoms with E-state index in [0.717, 1.165) is 36.5 Å². The summed E-state index contributed by atoms with van der Waals surface area (Å²) in [5.74, 6) is 2.48. The van der Waals surface area contributed by atoms with Gasteiger partial charge in [-0.3, -0.25) is 4.98 Å². The van der Waals surface area contributed by atoms with Crippen LogP contribution in [0.2, 0.25) is 0 Å². The second-order valence-electron chi connectivity index (χ2n) is 8.46. The minimum absolute atomic E-state index is 0.310. The van der Waals surface area contributed by atoms with Crippen molar-refractivity contribution in [2.45, 2.75) is 44.4 Å². The minimum atomic E-state index is -3.20. The van der Waals surface area contributed by atoms with Crippen molar-refractivity contribution in [3.8, 4) is 0 Å². The molecular weight excluding hydrogens is 346 g/mol. The Kier molecular flexibility index (Phi) is 6.23. The predicted molar refractivity (Wildman–Crippen MR) is 106 cm³/mol. The van der Waals surface area contributed by atoms with E-state index in [1.165, 1.54) is 57.8 Å². The summed E-state index contributed by atoms with van der Waals surface area (Å²) >= 11 is 0. The Morgan fingerprint density at radius 3 is 2.31 bits per heavy atom. The fourth-order valence-corrected chi connectivity index (χ4v) is 4.91. The van der Waals surface area contributed by atoms with E-state index in [1.54, 1.807) is 12.3 Å². The fraction of sp³-hybridized carbons (Fsp3) is 0.750. The molecule has 0 saturated carbocycles. The Bertz CT molecular complexity index is 689. The number of aromatic nitrogens is 1. The van der Waals surface area contributed by atoms with Gasteiger partial charge in [0.25, 0.3) is 0 Å². The number of hydrogen-bond acceptors (Lipinski definition) is 5. The summed E-state index contributed by atoms with van der Waals surface area (Å²) in [6.45, 7) is 10.4. The van der Waals surface area contributed by atoms with Crippen molar-refractivity contribution < 1.29 is 8.42 Å². The van der Waals surface area contributed by atoms with Crippen LogP contribution < -0.4 is 4.90 Å². The van der Waals surface area contributed by atoms with Gasteiger partial charge in [-0.2, -0.15) is 0 Å². The lowest BCUT2D eigenvalue weighted by Crippen LogP contribution is -2.42. The number of hydrogen-bond donors (Lipinski definition) is 0. The first-order chi connectivity index (χ1) is 12.3. The zero-order valence-corrected chi connectivity index (χ0v) is 17.2. The highest BCUT2D eigenvalue weighted by Gasteiger charge is 2.26. The number of nitrogens with zero attached hydrogens (tertiary/aromatic N) is 3. The summed E-state index contributed by atoms with van der Waals surface area (Å²) in [7, 11) is -3.20. The highest BCUT2D eigenvalue weighted by molar-refractivity contribution is 7.90. The average Bonchev–Trinajstić information content (AvgIpc) is 2.62. The molecule has 2 saturated heterocycles. The number of rotatable bonds is 5. The van der Waals surface area contributed by atoms with Crippen LogP contribution in [-0.4, -0.2) is 57.3 Å². The van der Waals surface area contributed by atoms with Crippen LogP contribution in [0.3, 0.4) is 0 Å². The maximum absolute atomic E-state index is 11.7. The molecule has 0 aromatic carbocycles. The van der Waals surface area contributed by atoms with Crippen molar-refractivity contribution in [2.75, 3.05) is 43.9 Å². The van der Waals surface area contributed by atoms with Gasteiger partial charge in [-0.1, -0.05) is 13.8 Å². The van der Waals surface area contributed by atoms with E-state index in [2.05, 4.69) is 28.6 Å². The molecule has 0 unspecified atom stereocenters. The summed E-state index contributed by atoms with van der Waals surface area (Å²) in [4.78, 5) is 9.38. The molecule has 3 rings (SSSR count). The van der Waals surface area contributed by atoms with Gasteiger partial charge < -0.3 is 9.80 Å². The van der Waals surface area contributed by atoms with Gasteiger partial charge in [0.2, 0.25) is 0 Å². The van der Waals surface area contributed by atoms with Gasteiger partial charge in [-0.25, -0.2) is 8.42 Å². The third-order valence-electron chi connectivity index (χ3n) is 6.20. The maximum Gasteiger partial charge on any atom is 0.177 e.